The van der Waals surface area contributed by atoms with Crippen molar-refractivity contribution in [3.8, 4) is 11.3 Å². The van der Waals surface area contributed by atoms with E-state index in [0.29, 0.717) is 16.9 Å². The molecule has 0 saturated heterocycles. The zero-order chi connectivity index (χ0) is 17.2. The van der Waals surface area contributed by atoms with E-state index in [4.69, 9.17) is 0 Å². The fourth-order valence-corrected chi connectivity index (χ4v) is 2.74. The molecular formula is C20H16N4O. The van der Waals surface area contributed by atoms with E-state index >= 15 is 0 Å². The number of fused-ring (bicyclic) bond motifs is 1. The number of hydrogen-bond acceptors (Lipinski definition) is 3. The normalized spacial score (nSPS) is 11.4. The number of benzene rings is 1. The number of pyridine rings is 1. The molecule has 0 fully saturated rings. The predicted molar refractivity (Wildman–Crippen MR) is 100 cm³/mol. The molecule has 3 aromatic heterocycles. The predicted octanol–water partition coefficient (Wildman–Crippen LogP) is 3.79. The van der Waals surface area contributed by atoms with E-state index in [-0.39, 0.29) is 5.56 Å². The van der Waals surface area contributed by atoms with E-state index in [1.807, 2.05) is 60.7 Å². The van der Waals surface area contributed by atoms with Crippen molar-refractivity contribution in [2.45, 2.75) is 6.92 Å². The van der Waals surface area contributed by atoms with Crippen molar-refractivity contribution in [1.29, 1.82) is 0 Å². The molecule has 0 atom stereocenters. The second-order valence-electron chi connectivity index (χ2n) is 5.81. The van der Waals surface area contributed by atoms with Crippen LogP contribution in [0.25, 0.3) is 34.4 Å². The van der Waals surface area contributed by atoms with Gasteiger partial charge in [-0.2, -0.15) is 0 Å². The average molecular weight is 328 g/mol. The van der Waals surface area contributed by atoms with Gasteiger partial charge in [0.05, 0.1) is 11.1 Å². The molecule has 1 aromatic carbocycles. The fraction of sp³-hybridized carbons (Fsp3) is 0.0500. The zero-order valence-electron chi connectivity index (χ0n) is 13.7. The Balaban J connectivity index is 1.71. The molecule has 4 aromatic rings. The zero-order valence-corrected chi connectivity index (χ0v) is 13.7. The molecule has 0 spiro atoms. The van der Waals surface area contributed by atoms with Gasteiger partial charge in [0.25, 0.3) is 5.56 Å². The van der Waals surface area contributed by atoms with Crippen molar-refractivity contribution >= 4 is 23.2 Å². The van der Waals surface area contributed by atoms with E-state index in [0.717, 1.165) is 22.5 Å². The van der Waals surface area contributed by atoms with Crippen molar-refractivity contribution in [2.75, 3.05) is 0 Å². The molecule has 4 rings (SSSR count). The lowest BCUT2D eigenvalue weighted by molar-refractivity contribution is 1.05. The molecule has 122 valence electrons. The standard InChI is InChI=1S/C20H16N4O/c1-13-22-19-17(20(25)23-13)12-18(24-19)15-9-10-21-16(11-15)8-7-14-5-3-2-4-6-14/h2-12H,1H3,(H2,22,23,24,25)/b8-7+. The Morgan fingerprint density at radius 2 is 1.84 bits per heavy atom. The minimum Gasteiger partial charge on any atom is -0.339 e. The Morgan fingerprint density at radius 1 is 1.00 bits per heavy atom. The highest BCUT2D eigenvalue weighted by Gasteiger charge is 2.08. The molecule has 5 heteroatoms. The van der Waals surface area contributed by atoms with E-state index < -0.39 is 0 Å². The Morgan fingerprint density at radius 3 is 2.68 bits per heavy atom. The Bertz CT molecular complexity index is 1120. The SMILES string of the molecule is Cc1nc2[nH]c(-c3ccnc(/C=C/c4ccccc4)c3)cc2c(=O)[nH]1. The largest absolute Gasteiger partial charge is 0.339 e. The molecule has 0 aliphatic carbocycles. The van der Waals surface area contributed by atoms with Crippen LogP contribution in [0.4, 0.5) is 0 Å². The molecule has 0 bridgehead atoms. The van der Waals surface area contributed by atoms with Crippen molar-refractivity contribution in [3.63, 3.8) is 0 Å². The molecular weight excluding hydrogens is 312 g/mol. The van der Waals surface area contributed by atoms with E-state index in [1.165, 1.54) is 0 Å². The number of H-pyrrole nitrogens is 2. The summed E-state index contributed by atoms with van der Waals surface area (Å²) in [7, 11) is 0. The minimum atomic E-state index is -0.136. The van der Waals surface area contributed by atoms with E-state index in [2.05, 4.69) is 19.9 Å². The van der Waals surface area contributed by atoms with Gasteiger partial charge in [0.2, 0.25) is 0 Å². The van der Waals surface area contributed by atoms with Gasteiger partial charge in [-0.1, -0.05) is 36.4 Å². The molecule has 0 aliphatic rings. The molecule has 3 heterocycles. The summed E-state index contributed by atoms with van der Waals surface area (Å²) in [6, 6.07) is 15.8. The number of hydrogen-bond donors (Lipinski definition) is 2. The number of rotatable bonds is 3. The summed E-state index contributed by atoms with van der Waals surface area (Å²) in [4.78, 5) is 26.7. The summed E-state index contributed by atoms with van der Waals surface area (Å²) in [6.45, 7) is 1.76. The van der Waals surface area contributed by atoms with Crippen LogP contribution in [-0.4, -0.2) is 19.9 Å². The maximum absolute atomic E-state index is 12.0. The van der Waals surface area contributed by atoms with Gasteiger partial charge in [0.1, 0.15) is 11.5 Å². The summed E-state index contributed by atoms with van der Waals surface area (Å²) in [5, 5.41) is 0.554. The Kier molecular flexibility index (Phi) is 3.74. The highest BCUT2D eigenvalue weighted by Crippen LogP contribution is 2.22. The Labute approximate surface area is 144 Å². The highest BCUT2D eigenvalue weighted by molar-refractivity contribution is 5.82. The quantitative estimate of drug-likeness (QED) is 0.601. The van der Waals surface area contributed by atoms with Crippen LogP contribution in [0.15, 0.2) is 59.5 Å². The third kappa shape index (κ3) is 3.12. The smallest absolute Gasteiger partial charge is 0.260 e. The second-order valence-corrected chi connectivity index (χ2v) is 5.81. The lowest BCUT2D eigenvalue weighted by Gasteiger charge is -1.99. The second kappa shape index (κ2) is 6.20. The van der Waals surface area contributed by atoms with Gasteiger partial charge in [-0.15, -0.1) is 0 Å². The number of aromatic amines is 2. The van der Waals surface area contributed by atoms with Crippen molar-refractivity contribution < 1.29 is 0 Å². The third-order valence-electron chi connectivity index (χ3n) is 3.95. The topological polar surface area (TPSA) is 74.4 Å². The van der Waals surface area contributed by atoms with Crippen LogP contribution in [0.3, 0.4) is 0 Å². The average Bonchev–Trinajstić information content (AvgIpc) is 3.06. The van der Waals surface area contributed by atoms with Crippen molar-refractivity contribution in [1.82, 2.24) is 19.9 Å². The molecule has 0 unspecified atom stereocenters. The van der Waals surface area contributed by atoms with E-state index in [1.54, 1.807) is 13.1 Å². The monoisotopic (exact) mass is 328 g/mol. The first-order chi connectivity index (χ1) is 12.2. The first-order valence-corrected chi connectivity index (χ1v) is 7.98. The molecule has 0 amide bonds. The number of aryl methyl sites for hydroxylation is 1. The first-order valence-electron chi connectivity index (χ1n) is 7.98. The summed E-state index contributed by atoms with van der Waals surface area (Å²) >= 11 is 0. The maximum atomic E-state index is 12.0. The molecule has 2 N–H and O–H groups in total. The third-order valence-corrected chi connectivity index (χ3v) is 3.95. The van der Waals surface area contributed by atoms with Crippen LogP contribution < -0.4 is 5.56 Å². The maximum Gasteiger partial charge on any atom is 0.260 e. The summed E-state index contributed by atoms with van der Waals surface area (Å²) < 4.78 is 0. The summed E-state index contributed by atoms with van der Waals surface area (Å²) in [5.74, 6) is 0.590. The van der Waals surface area contributed by atoms with Crippen LogP contribution >= 0.6 is 0 Å². The van der Waals surface area contributed by atoms with Crippen molar-refractivity contribution in [3.05, 3.63) is 82.2 Å². The van der Waals surface area contributed by atoms with Gasteiger partial charge in [0.15, 0.2) is 0 Å². The molecule has 5 nitrogen and oxygen atoms in total. The minimum absolute atomic E-state index is 0.136. The van der Waals surface area contributed by atoms with Crippen LogP contribution in [0, 0.1) is 6.92 Å². The highest BCUT2D eigenvalue weighted by atomic mass is 16.1. The van der Waals surface area contributed by atoms with Crippen LogP contribution in [-0.2, 0) is 0 Å². The van der Waals surface area contributed by atoms with Gasteiger partial charge in [-0.05, 0) is 36.8 Å². The molecule has 25 heavy (non-hydrogen) atoms. The number of nitrogens with one attached hydrogen (secondary N) is 2. The Hall–Kier alpha value is -3.47. The van der Waals surface area contributed by atoms with Gasteiger partial charge in [-0.3, -0.25) is 9.78 Å². The van der Waals surface area contributed by atoms with Gasteiger partial charge in [-0.25, -0.2) is 4.98 Å². The summed E-state index contributed by atoms with van der Waals surface area (Å²) in [6.07, 6.45) is 5.75. The van der Waals surface area contributed by atoms with Gasteiger partial charge < -0.3 is 9.97 Å². The first kappa shape index (κ1) is 15.1. The van der Waals surface area contributed by atoms with Crippen LogP contribution in [0.1, 0.15) is 17.1 Å². The lowest BCUT2D eigenvalue weighted by Crippen LogP contribution is -2.08. The van der Waals surface area contributed by atoms with Crippen molar-refractivity contribution in [2.24, 2.45) is 0 Å². The number of nitrogens with zero attached hydrogens (tertiary/aromatic N) is 2. The lowest BCUT2D eigenvalue weighted by atomic mass is 10.1. The van der Waals surface area contributed by atoms with Gasteiger partial charge in [0, 0.05) is 17.5 Å². The van der Waals surface area contributed by atoms with E-state index in [9.17, 15) is 4.79 Å². The van der Waals surface area contributed by atoms with Crippen LogP contribution in [0.5, 0.6) is 0 Å². The molecule has 0 saturated carbocycles. The van der Waals surface area contributed by atoms with Crippen LogP contribution in [0.2, 0.25) is 0 Å². The molecule has 0 radical (unpaired) electrons. The summed E-state index contributed by atoms with van der Waals surface area (Å²) in [5.41, 5.74) is 4.22. The number of aromatic nitrogens is 4. The molecule has 0 aliphatic heterocycles. The fourth-order valence-electron chi connectivity index (χ4n) is 2.74. The van der Waals surface area contributed by atoms with Gasteiger partial charge >= 0.3 is 0 Å².